The molecule has 0 fully saturated rings. The summed E-state index contributed by atoms with van der Waals surface area (Å²) in [6, 6.07) is 4.04. The minimum atomic E-state index is -1.25. The van der Waals surface area contributed by atoms with Crippen LogP contribution in [0.15, 0.2) is 18.2 Å². The first-order valence-electron chi connectivity index (χ1n) is 9.75. The van der Waals surface area contributed by atoms with Crippen LogP contribution in [0, 0.1) is 0 Å². The molecule has 0 bridgehead atoms. The Morgan fingerprint density at radius 1 is 0.897 bits per heavy atom. The average molecular weight is 409 g/mol. The monoisotopic (exact) mass is 409 g/mol. The lowest BCUT2D eigenvalue weighted by Crippen LogP contribution is -2.24. The van der Waals surface area contributed by atoms with Gasteiger partial charge in [-0.2, -0.15) is 0 Å². The molecule has 0 unspecified atom stereocenters. The molecular formula is C21H31NO7. The third kappa shape index (κ3) is 12.2. The number of Topliss-reactive ketones (excluding diaryl/α,β-unsaturated/α-hetero) is 1. The molecule has 0 heterocycles. The number of aromatic carboxylic acids is 1. The first-order chi connectivity index (χ1) is 13.7. The smallest absolute Gasteiger partial charge is 0.339 e. The maximum absolute atomic E-state index is 11.1. The molecule has 0 aliphatic carbocycles. The zero-order chi connectivity index (χ0) is 22.2. The highest BCUT2D eigenvalue weighted by Gasteiger charge is 2.14. The van der Waals surface area contributed by atoms with Gasteiger partial charge in [-0.1, -0.05) is 45.1 Å². The largest absolute Gasteiger partial charge is 0.506 e. The number of carbonyl (C=O) groups is 4. The predicted octanol–water partition coefficient (Wildman–Crippen LogP) is 3.62. The molecule has 8 heteroatoms. The summed E-state index contributed by atoms with van der Waals surface area (Å²) in [4.78, 5) is 42.7. The number of unbranched alkanes of at least 4 members (excludes halogenated alkanes) is 5. The molecule has 4 N–H and O–H groups in total. The number of benzene rings is 1. The minimum Gasteiger partial charge on any atom is -0.506 e. The molecule has 0 spiro atoms. The molecule has 162 valence electrons. The summed E-state index contributed by atoms with van der Waals surface area (Å²) in [6.45, 7) is 4.12. The zero-order valence-corrected chi connectivity index (χ0v) is 17.1. The van der Waals surface area contributed by atoms with Gasteiger partial charge < -0.3 is 20.6 Å². The Hall–Kier alpha value is -2.90. The number of phenols is 1. The number of para-hydroxylation sites is 1. The Balaban J connectivity index is 0.000000551. The van der Waals surface area contributed by atoms with Crippen molar-refractivity contribution < 1.29 is 34.5 Å². The summed E-state index contributed by atoms with van der Waals surface area (Å²) in [5.74, 6) is -3.16. The number of hydrogen-bond donors (Lipinski definition) is 4. The lowest BCUT2D eigenvalue weighted by molar-refractivity contribution is -0.138. The number of nitrogens with one attached hydrogen (secondary N) is 1. The highest BCUT2D eigenvalue weighted by atomic mass is 16.4. The van der Waals surface area contributed by atoms with Gasteiger partial charge in [-0.3, -0.25) is 14.4 Å². The fourth-order valence-electron chi connectivity index (χ4n) is 2.44. The van der Waals surface area contributed by atoms with Gasteiger partial charge in [0.1, 0.15) is 11.3 Å². The third-order valence-electron chi connectivity index (χ3n) is 4.06. The van der Waals surface area contributed by atoms with Gasteiger partial charge in [0.05, 0.1) is 12.0 Å². The molecule has 0 aliphatic heterocycles. The molecule has 0 saturated carbocycles. The second-order valence-corrected chi connectivity index (χ2v) is 6.57. The second-order valence-electron chi connectivity index (χ2n) is 6.57. The summed E-state index contributed by atoms with van der Waals surface area (Å²) in [6.07, 6.45) is 7.15. The number of aromatic hydroxyl groups is 1. The molecule has 0 radical (unpaired) electrons. The quantitative estimate of drug-likeness (QED) is 0.305. The molecular weight excluding hydrogens is 378 g/mol. The molecule has 0 aliphatic rings. The summed E-state index contributed by atoms with van der Waals surface area (Å²) in [5.41, 5.74) is -0.229. The van der Waals surface area contributed by atoms with E-state index in [0.29, 0.717) is 6.54 Å². The van der Waals surface area contributed by atoms with Crippen LogP contribution in [0.4, 0.5) is 0 Å². The number of carbonyl (C=O) groups excluding carboxylic acids is 2. The molecule has 0 saturated heterocycles. The van der Waals surface area contributed by atoms with Crippen molar-refractivity contribution in [2.75, 3.05) is 6.54 Å². The van der Waals surface area contributed by atoms with E-state index in [4.69, 9.17) is 10.2 Å². The highest BCUT2D eigenvalue weighted by Crippen LogP contribution is 2.22. The molecule has 8 nitrogen and oxygen atoms in total. The van der Waals surface area contributed by atoms with Gasteiger partial charge in [-0.05, 0) is 25.5 Å². The summed E-state index contributed by atoms with van der Waals surface area (Å²) >= 11 is 0. The topological polar surface area (TPSA) is 141 Å². The minimum absolute atomic E-state index is 0.0277. The Morgan fingerprint density at radius 2 is 1.48 bits per heavy atom. The molecule has 1 amide bonds. The van der Waals surface area contributed by atoms with Gasteiger partial charge in [0.15, 0.2) is 5.78 Å². The van der Waals surface area contributed by atoms with Crippen molar-refractivity contribution in [2.45, 2.75) is 65.2 Å². The van der Waals surface area contributed by atoms with E-state index < -0.39 is 17.7 Å². The Kier molecular flexibility index (Phi) is 13.6. The van der Waals surface area contributed by atoms with Gasteiger partial charge in [-0.25, -0.2) is 4.79 Å². The van der Waals surface area contributed by atoms with Crippen LogP contribution < -0.4 is 5.32 Å². The molecule has 1 aromatic carbocycles. The van der Waals surface area contributed by atoms with Crippen molar-refractivity contribution in [2.24, 2.45) is 0 Å². The van der Waals surface area contributed by atoms with E-state index in [0.717, 1.165) is 12.8 Å². The van der Waals surface area contributed by atoms with E-state index in [1.165, 1.54) is 50.8 Å². The maximum atomic E-state index is 11.1. The van der Waals surface area contributed by atoms with Crippen LogP contribution in [0.25, 0.3) is 0 Å². The van der Waals surface area contributed by atoms with Gasteiger partial charge in [0.25, 0.3) is 0 Å². The SMILES string of the molecule is CC(=O)c1cccc(C(=O)O)c1O.CCCCCCCCNC(=O)CCC(=O)O. The van der Waals surface area contributed by atoms with Crippen molar-refractivity contribution >= 4 is 23.6 Å². The summed E-state index contributed by atoms with van der Waals surface area (Å²) in [5, 5.41) is 29.0. The molecule has 0 atom stereocenters. The number of amides is 1. The van der Waals surface area contributed by atoms with Crippen LogP contribution in [-0.2, 0) is 9.59 Å². The molecule has 29 heavy (non-hydrogen) atoms. The first kappa shape index (κ1) is 26.1. The van der Waals surface area contributed by atoms with Crippen LogP contribution >= 0.6 is 0 Å². The number of hydrogen-bond acceptors (Lipinski definition) is 5. The van der Waals surface area contributed by atoms with Crippen molar-refractivity contribution in [3.05, 3.63) is 29.3 Å². The summed E-state index contributed by atoms with van der Waals surface area (Å²) < 4.78 is 0. The number of rotatable bonds is 12. The fourth-order valence-corrected chi connectivity index (χ4v) is 2.44. The van der Waals surface area contributed by atoms with Crippen LogP contribution in [0.1, 0.15) is 85.9 Å². The Labute approximate surface area is 170 Å². The van der Waals surface area contributed by atoms with Crippen LogP contribution in [0.2, 0.25) is 0 Å². The van der Waals surface area contributed by atoms with Gasteiger partial charge in [0.2, 0.25) is 5.91 Å². The van der Waals surface area contributed by atoms with E-state index in [9.17, 15) is 24.3 Å². The zero-order valence-electron chi connectivity index (χ0n) is 17.1. The molecule has 1 aromatic rings. The first-order valence-corrected chi connectivity index (χ1v) is 9.75. The Bertz CT molecular complexity index is 653. The van der Waals surface area contributed by atoms with E-state index in [2.05, 4.69) is 12.2 Å². The molecule has 0 aromatic heterocycles. The second kappa shape index (κ2) is 15.1. The third-order valence-corrected chi connectivity index (χ3v) is 4.06. The van der Waals surface area contributed by atoms with Gasteiger partial charge in [-0.15, -0.1) is 0 Å². The molecule has 1 rings (SSSR count). The standard InChI is InChI=1S/C12H23NO3.C9H8O4/c1-2-3-4-5-6-7-10-13-11(14)8-9-12(15)16;1-5(10)6-3-2-4-7(8(6)11)9(12)13/h2-10H2,1H3,(H,13,14)(H,15,16);2-4,11H,1H3,(H,12,13). The predicted molar refractivity (Wildman–Crippen MR) is 108 cm³/mol. The van der Waals surface area contributed by atoms with E-state index in [1.54, 1.807) is 0 Å². The van der Waals surface area contributed by atoms with Gasteiger partial charge >= 0.3 is 11.9 Å². The van der Waals surface area contributed by atoms with Crippen molar-refractivity contribution in [1.29, 1.82) is 0 Å². The maximum Gasteiger partial charge on any atom is 0.339 e. The summed E-state index contributed by atoms with van der Waals surface area (Å²) in [7, 11) is 0. The van der Waals surface area contributed by atoms with Crippen LogP contribution in [-0.4, -0.2) is 45.5 Å². The number of carboxylic acids is 2. The number of ketones is 1. The van der Waals surface area contributed by atoms with Crippen molar-refractivity contribution in [1.82, 2.24) is 5.32 Å². The van der Waals surface area contributed by atoms with E-state index in [1.807, 2.05) is 0 Å². The highest BCUT2D eigenvalue weighted by molar-refractivity contribution is 6.01. The van der Waals surface area contributed by atoms with Crippen molar-refractivity contribution in [3.63, 3.8) is 0 Å². The van der Waals surface area contributed by atoms with E-state index in [-0.39, 0.29) is 35.7 Å². The van der Waals surface area contributed by atoms with Crippen LogP contribution in [0.5, 0.6) is 5.75 Å². The lowest BCUT2D eigenvalue weighted by Gasteiger charge is -2.04. The van der Waals surface area contributed by atoms with E-state index >= 15 is 0 Å². The number of carboxylic acid groups (broad SMARTS) is 2. The lowest BCUT2D eigenvalue weighted by atomic mass is 10.1. The Morgan fingerprint density at radius 3 is 2.03 bits per heavy atom. The van der Waals surface area contributed by atoms with Crippen LogP contribution in [0.3, 0.4) is 0 Å². The normalized spacial score (nSPS) is 9.86. The number of aliphatic carboxylic acids is 1. The van der Waals surface area contributed by atoms with Gasteiger partial charge in [0, 0.05) is 13.0 Å². The fraction of sp³-hybridized carbons (Fsp3) is 0.524. The van der Waals surface area contributed by atoms with Crippen molar-refractivity contribution in [3.8, 4) is 5.75 Å². The average Bonchev–Trinajstić information content (AvgIpc) is 2.65.